The van der Waals surface area contributed by atoms with Crippen molar-refractivity contribution in [2.24, 2.45) is 5.92 Å². The number of nitrogens with one attached hydrogen (secondary N) is 1. The van der Waals surface area contributed by atoms with Crippen molar-refractivity contribution in [2.45, 2.75) is 32.0 Å². The van der Waals surface area contributed by atoms with Crippen molar-refractivity contribution < 1.29 is 13.2 Å². The highest BCUT2D eigenvalue weighted by Gasteiger charge is 2.28. The summed E-state index contributed by atoms with van der Waals surface area (Å²) >= 11 is 5.71. The highest BCUT2D eigenvalue weighted by Crippen LogP contribution is 2.27. The van der Waals surface area contributed by atoms with Crippen molar-refractivity contribution in [1.82, 2.24) is 9.78 Å². The van der Waals surface area contributed by atoms with Gasteiger partial charge in [-0.3, -0.25) is 4.79 Å². The lowest BCUT2D eigenvalue weighted by molar-refractivity contribution is -0.115. The molecule has 0 saturated heterocycles. The molecule has 1 aromatic rings. The van der Waals surface area contributed by atoms with Gasteiger partial charge in [-0.15, -0.1) is 0 Å². The van der Waals surface area contributed by atoms with Gasteiger partial charge in [0.1, 0.15) is 12.2 Å². The van der Waals surface area contributed by atoms with Gasteiger partial charge in [0.2, 0.25) is 0 Å². The molecule has 0 amide bonds. The van der Waals surface area contributed by atoms with E-state index in [1.807, 2.05) is 5.32 Å². The maximum absolute atomic E-state index is 12.1. The van der Waals surface area contributed by atoms with E-state index >= 15 is 0 Å². The molecule has 0 atom stereocenters. The van der Waals surface area contributed by atoms with E-state index in [1.165, 1.54) is 10.9 Å². The topological polar surface area (TPSA) is 46.9 Å². The molecule has 1 N–H and O–H groups in total. The van der Waals surface area contributed by atoms with Gasteiger partial charge in [-0.25, -0.2) is 4.68 Å². The summed E-state index contributed by atoms with van der Waals surface area (Å²) in [4.78, 5) is 12.0. The molecule has 0 bridgehead atoms. The average Bonchev–Trinajstić information content (AvgIpc) is 2.24. The Hall–Kier alpha value is -1.24. The molecule has 2 rings (SSSR count). The number of halogens is 4. The van der Waals surface area contributed by atoms with Crippen molar-refractivity contribution in [2.75, 3.05) is 11.9 Å². The highest BCUT2D eigenvalue weighted by atomic mass is 35.5. The van der Waals surface area contributed by atoms with Crippen molar-refractivity contribution in [3.05, 3.63) is 21.6 Å². The maximum Gasteiger partial charge on any atom is 0.405 e. The van der Waals surface area contributed by atoms with Crippen molar-refractivity contribution in [3.8, 4) is 0 Å². The van der Waals surface area contributed by atoms with Crippen LogP contribution in [0.2, 0.25) is 5.02 Å². The third kappa shape index (κ3) is 3.62. The van der Waals surface area contributed by atoms with Gasteiger partial charge in [0.15, 0.2) is 0 Å². The third-order valence-electron chi connectivity index (χ3n) is 3.12. The lowest BCUT2D eigenvalue weighted by Gasteiger charge is -2.25. The van der Waals surface area contributed by atoms with Crippen LogP contribution in [-0.2, 0) is 6.54 Å². The summed E-state index contributed by atoms with van der Waals surface area (Å²) in [6, 6.07) is 0. The second-order valence-corrected chi connectivity index (χ2v) is 5.03. The van der Waals surface area contributed by atoms with Crippen LogP contribution >= 0.6 is 11.6 Å². The number of alkyl halides is 3. The molecule has 1 saturated carbocycles. The van der Waals surface area contributed by atoms with Crippen molar-refractivity contribution in [1.29, 1.82) is 0 Å². The Bertz CT molecular complexity index is 511. The molecule has 0 spiro atoms. The minimum Gasteiger partial charge on any atom is -0.371 e. The predicted molar refractivity (Wildman–Crippen MR) is 65.4 cm³/mol. The van der Waals surface area contributed by atoms with Crippen LogP contribution in [0.25, 0.3) is 0 Å². The highest BCUT2D eigenvalue weighted by molar-refractivity contribution is 6.32. The van der Waals surface area contributed by atoms with E-state index in [0.29, 0.717) is 12.5 Å². The summed E-state index contributed by atoms with van der Waals surface area (Å²) in [6.07, 6.45) is -0.0610. The zero-order valence-corrected chi connectivity index (χ0v) is 10.8. The summed E-state index contributed by atoms with van der Waals surface area (Å²) in [5.74, 6) is 0.377. The van der Waals surface area contributed by atoms with Gasteiger partial charge in [-0.1, -0.05) is 18.0 Å². The van der Waals surface area contributed by atoms with Gasteiger partial charge in [0.05, 0.1) is 11.2 Å². The van der Waals surface area contributed by atoms with Crippen LogP contribution in [-0.4, -0.2) is 22.5 Å². The smallest absolute Gasteiger partial charge is 0.371 e. The van der Waals surface area contributed by atoms with E-state index in [4.69, 9.17) is 11.6 Å². The maximum atomic E-state index is 12.1. The lowest BCUT2D eigenvalue weighted by Crippen LogP contribution is -2.32. The Balaban J connectivity index is 2.16. The van der Waals surface area contributed by atoms with Gasteiger partial charge < -0.3 is 5.32 Å². The molecule has 8 heteroatoms. The first-order valence-corrected chi connectivity index (χ1v) is 6.31. The van der Waals surface area contributed by atoms with E-state index in [2.05, 4.69) is 5.10 Å². The van der Waals surface area contributed by atoms with Crippen LogP contribution < -0.4 is 10.9 Å². The van der Waals surface area contributed by atoms with E-state index < -0.39 is 18.3 Å². The fraction of sp³-hybridized carbons (Fsp3) is 0.636. The summed E-state index contributed by atoms with van der Waals surface area (Å²) < 4.78 is 37.6. The van der Waals surface area contributed by atoms with Crippen LogP contribution in [0.15, 0.2) is 11.0 Å². The van der Waals surface area contributed by atoms with Crippen molar-refractivity contribution in [3.63, 3.8) is 0 Å². The molecule has 0 aromatic carbocycles. The van der Waals surface area contributed by atoms with E-state index in [-0.39, 0.29) is 10.7 Å². The number of rotatable bonds is 4. The number of nitrogens with zero attached hydrogens (tertiary/aromatic N) is 2. The molecule has 19 heavy (non-hydrogen) atoms. The second-order valence-electron chi connectivity index (χ2n) is 4.62. The Morgan fingerprint density at radius 2 is 2.16 bits per heavy atom. The number of hydrogen-bond donors (Lipinski definition) is 1. The molecule has 4 nitrogen and oxygen atoms in total. The Kier molecular flexibility index (Phi) is 4.03. The Labute approximate surface area is 112 Å². The van der Waals surface area contributed by atoms with Crippen molar-refractivity contribution >= 4 is 17.3 Å². The van der Waals surface area contributed by atoms with Crippen LogP contribution in [0.5, 0.6) is 0 Å². The molecule has 0 unspecified atom stereocenters. The van der Waals surface area contributed by atoms with Gasteiger partial charge in [-0.05, 0) is 18.8 Å². The molecule has 0 aliphatic heterocycles. The molecule has 1 aliphatic rings. The van der Waals surface area contributed by atoms with Crippen LogP contribution in [0.3, 0.4) is 0 Å². The first kappa shape index (κ1) is 14.2. The molecular formula is C11H13ClF3N3O. The minimum atomic E-state index is -4.40. The molecule has 1 heterocycles. The first-order valence-electron chi connectivity index (χ1n) is 5.93. The molecule has 1 aliphatic carbocycles. The molecule has 106 valence electrons. The first-order chi connectivity index (χ1) is 8.87. The second kappa shape index (κ2) is 5.40. The van der Waals surface area contributed by atoms with E-state index in [1.54, 1.807) is 0 Å². The van der Waals surface area contributed by atoms with E-state index in [0.717, 1.165) is 19.3 Å². The van der Waals surface area contributed by atoms with Gasteiger partial charge in [0.25, 0.3) is 5.56 Å². The molecule has 1 fully saturated rings. The summed E-state index contributed by atoms with van der Waals surface area (Å²) in [7, 11) is 0. The zero-order valence-electron chi connectivity index (χ0n) is 10.0. The summed E-state index contributed by atoms with van der Waals surface area (Å²) in [6.45, 7) is -0.869. The summed E-state index contributed by atoms with van der Waals surface area (Å²) in [5.41, 5.74) is -0.850. The fourth-order valence-electron chi connectivity index (χ4n) is 1.87. The Morgan fingerprint density at radius 3 is 2.68 bits per heavy atom. The van der Waals surface area contributed by atoms with E-state index in [9.17, 15) is 18.0 Å². The number of hydrogen-bond acceptors (Lipinski definition) is 3. The lowest BCUT2D eigenvalue weighted by atomic mass is 9.85. The molecular weight excluding hydrogens is 283 g/mol. The largest absolute Gasteiger partial charge is 0.405 e. The third-order valence-corrected chi connectivity index (χ3v) is 3.41. The predicted octanol–water partition coefficient (Wildman–Crippen LogP) is 2.67. The summed E-state index contributed by atoms with van der Waals surface area (Å²) in [5, 5.41) is 5.80. The average molecular weight is 296 g/mol. The normalized spacial score (nSPS) is 16.2. The zero-order chi connectivity index (χ0) is 14.0. The molecule has 0 radical (unpaired) electrons. The van der Waals surface area contributed by atoms with Crippen LogP contribution in [0.1, 0.15) is 19.3 Å². The van der Waals surface area contributed by atoms with Gasteiger partial charge >= 0.3 is 6.18 Å². The quantitative estimate of drug-likeness (QED) is 0.929. The van der Waals surface area contributed by atoms with Gasteiger partial charge in [0, 0.05) is 6.54 Å². The SMILES string of the molecule is O=c1c(NCC(F)(F)F)c(Cl)cnn1CC1CCC1. The monoisotopic (exact) mass is 295 g/mol. The van der Waals surface area contributed by atoms with Gasteiger partial charge in [-0.2, -0.15) is 18.3 Å². The minimum absolute atomic E-state index is 0.0980. The fourth-order valence-corrected chi connectivity index (χ4v) is 2.06. The number of aromatic nitrogens is 2. The Morgan fingerprint density at radius 1 is 1.47 bits per heavy atom. The van der Waals surface area contributed by atoms with Crippen LogP contribution in [0, 0.1) is 5.92 Å². The standard InChI is InChI=1S/C11H13ClF3N3O/c12-8-4-17-18(5-7-2-1-3-7)10(19)9(8)16-6-11(13,14)15/h4,7,16H,1-3,5-6H2. The molecule has 1 aromatic heterocycles. The van der Waals surface area contributed by atoms with Crippen LogP contribution in [0.4, 0.5) is 18.9 Å². The number of anilines is 1.